The molecule has 5 nitrogen and oxygen atoms in total. The number of aliphatic hydroxyl groups excluding tert-OH is 2. The standard InChI is InChI=1S/C14H14ClN3O2/c1-2-3-9-4-5-11-12(6-9)14(18-17-13(11)15)16-7-10(20)8-19/h4-6,10,19-20H,7-8H2,1H3,(H,16,18)/t10-/m0/s1. The summed E-state index contributed by atoms with van der Waals surface area (Å²) in [7, 11) is 0. The number of rotatable bonds is 4. The Morgan fingerprint density at radius 3 is 2.85 bits per heavy atom. The van der Waals surface area contributed by atoms with Crippen LogP contribution in [0.1, 0.15) is 12.5 Å². The number of fused-ring (bicyclic) bond motifs is 1. The van der Waals surface area contributed by atoms with Gasteiger partial charge in [0.05, 0.1) is 12.7 Å². The summed E-state index contributed by atoms with van der Waals surface area (Å²) < 4.78 is 0. The average molecular weight is 292 g/mol. The monoisotopic (exact) mass is 291 g/mol. The molecule has 0 amide bonds. The molecule has 0 saturated carbocycles. The number of aliphatic hydroxyl groups is 2. The Morgan fingerprint density at radius 1 is 1.35 bits per heavy atom. The Hall–Kier alpha value is -1.87. The first kappa shape index (κ1) is 14.5. The van der Waals surface area contributed by atoms with E-state index in [4.69, 9.17) is 16.7 Å². The molecule has 104 valence electrons. The maximum absolute atomic E-state index is 9.38. The van der Waals surface area contributed by atoms with E-state index >= 15 is 0 Å². The lowest BCUT2D eigenvalue weighted by Crippen LogP contribution is -2.23. The van der Waals surface area contributed by atoms with E-state index in [1.54, 1.807) is 6.92 Å². The smallest absolute Gasteiger partial charge is 0.159 e. The summed E-state index contributed by atoms with van der Waals surface area (Å²) in [4.78, 5) is 0. The van der Waals surface area contributed by atoms with Gasteiger partial charge in [0.15, 0.2) is 11.0 Å². The second-order valence-corrected chi connectivity index (χ2v) is 4.55. The van der Waals surface area contributed by atoms with Crippen LogP contribution in [0.25, 0.3) is 10.8 Å². The number of hydrogen-bond donors (Lipinski definition) is 3. The molecule has 20 heavy (non-hydrogen) atoms. The molecule has 0 spiro atoms. The predicted octanol–water partition coefficient (Wildman–Crippen LogP) is 1.42. The fourth-order valence-electron chi connectivity index (χ4n) is 1.75. The Kier molecular flexibility index (Phi) is 4.74. The van der Waals surface area contributed by atoms with Crippen LogP contribution in [0.4, 0.5) is 5.82 Å². The van der Waals surface area contributed by atoms with E-state index in [-0.39, 0.29) is 13.2 Å². The second kappa shape index (κ2) is 6.53. The first-order chi connectivity index (χ1) is 9.65. The van der Waals surface area contributed by atoms with Gasteiger partial charge >= 0.3 is 0 Å². The number of hydrogen-bond acceptors (Lipinski definition) is 5. The van der Waals surface area contributed by atoms with Gasteiger partial charge in [0.25, 0.3) is 0 Å². The molecule has 0 aliphatic heterocycles. The lowest BCUT2D eigenvalue weighted by atomic mass is 10.1. The van der Waals surface area contributed by atoms with Crippen LogP contribution in [-0.2, 0) is 0 Å². The Morgan fingerprint density at radius 2 is 2.15 bits per heavy atom. The molecular formula is C14H14ClN3O2. The molecule has 6 heteroatoms. The zero-order valence-corrected chi connectivity index (χ0v) is 11.6. The lowest BCUT2D eigenvalue weighted by Gasteiger charge is -2.11. The molecular weight excluding hydrogens is 278 g/mol. The zero-order chi connectivity index (χ0) is 14.5. The van der Waals surface area contributed by atoms with Crippen molar-refractivity contribution in [1.29, 1.82) is 0 Å². The third-order valence-corrected chi connectivity index (χ3v) is 3.00. The van der Waals surface area contributed by atoms with Crippen LogP contribution in [-0.4, -0.2) is 39.7 Å². The summed E-state index contributed by atoms with van der Waals surface area (Å²) in [5.41, 5.74) is 0.842. The average Bonchev–Trinajstić information content (AvgIpc) is 2.46. The summed E-state index contributed by atoms with van der Waals surface area (Å²) in [6, 6.07) is 5.55. The molecule has 0 aliphatic carbocycles. The number of aromatic nitrogens is 2. The molecule has 0 aliphatic rings. The van der Waals surface area contributed by atoms with Crippen LogP contribution >= 0.6 is 11.6 Å². The molecule has 0 bridgehead atoms. The van der Waals surface area contributed by atoms with Crippen molar-refractivity contribution >= 4 is 28.2 Å². The highest BCUT2D eigenvalue weighted by molar-refractivity contribution is 6.34. The van der Waals surface area contributed by atoms with E-state index in [1.807, 2.05) is 18.2 Å². The van der Waals surface area contributed by atoms with E-state index in [0.29, 0.717) is 11.0 Å². The molecule has 1 heterocycles. The van der Waals surface area contributed by atoms with E-state index < -0.39 is 6.10 Å². The second-order valence-electron chi connectivity index (χ2n) is 4.19. The Balaban J connectivity index is 2.44. The minimum absolute atomic E-state index is 0.172. The van der Waals surface area contributed by atoms with Gasteiger partial charge in [-0.25, -0.2) is 0 Å². The number of nitrogens with zero attached hydrogens (tertiary/aromatic N) is 2. The van der Waals surface area contributed by atoms with Crippen LogP contribution in [0.3, 0.4) is 0 Å². The zero-order valence-electron chi connectivity index (χ0n) is 10.9. The van der Waals surface area contributed by atoms with Crippen molar-refractivity contribution < 1.29 is 10.2 Å². The maximum atomic E-state index is 9.38. The van der Waals surface area contributed by atoms with Crippen LogP contribution in [0, 0.1) is 11.8 Å². The minimum atomic E-state index is -0.860. The molecule has 0 unspecified atom stereocenters. The third-order valence-electron chi connectivity index (χ3n) is 2.72. The van der Waals surface area contributed by atoms with E-state index in [2.05, 4.69) is 27.4 Å². The van der Waals surface area contributed by atoms with Gasteiger partial charge in [-0.2, -0.15) is 0 Å². The summed E-state index contributed by atoms with van der Waals surface area (Å²) in [6.45, 7) is 1.61. The molecule has 2 aromatic rings. The minimum Gasteiger partial charge on any atom is -0.394 e. The quantitative estimate of drug-likeness (QED) is 0.743. The van der Waals surface area contributed by atoms with Crippen molar-refractivity contribution in [3.05, 3.63) is 28.9 Å². The topological polar surface area (TPSA) is 78.3 Å². The van der Waals surface area contributed by atoms with Crippen molar-refractivity contribution in [2.24, 2.45) is 0 Å². The van der Waals surface area contributed by atoms with Crippen LogP contribution in [0.2, 0.25) is 5.15 Å². The third kappa shape index (κ3) is 3.17. The van der Waals surface area contributed by atoms with Crippen molar-refractivity contribution in [2.75, 3.05) is 18.5 Å². The summed E-state index contributed by atoms with van der Waals surface area (Å²) >= 11 is 6.02. The van der Waals surface area contributed by atoms with Gasteiger partial charge in [0.2, 0.25) is 0 Å². The Bertz CT molecular complexity index is 679. The van der Waals surface area contributed by atoms with E-state index in [1.165, 1.54) is 0 Å². The van der Waals surface area contributed by atoms with Gasteiger partial charge < -0.3 is 15.5 Å². The molecule has 0 radical (unpaired) electrons. The van der Waals surface area contributed by atoms with Crippen molar-refractivity contribution in [3.63, 3.8) is 0 Å². The number of nitrogens with one attached hydrogen (secondary N) is 1. The largest absolute Gasteiger partial charge is 0.394 e. The highest BCUT2D eigenvalue weighted by Gasteiger charge is 2.10. The molecule has 1 atom stereocenters. The first-order valence-electron chi connectivity index (χ1n) is 6.07. The van der Waals surface area contributed by atoms with Gasteiger partial charge in [0.1, 0.15) is 0 Å². The predicted molar refractivity (Wildman–Crippen MR) is 78.7 cm³/mol. The number of benzene rings is 1. The SMILES string of the molecule is CC#Cc1ccc2c(Cl)nnc(NC[C@H](O)CO)c2c1. The van der Waals surface area contributed by atoms with Crippen molar-refractivity contribution in [3.8, 4) is 11.8 Å². The van der Waals surface area contributed by atoms with Gasteiger partial charge in [-0.05, 0) is 25.1 Å². The highest BCUT2D eigenvalue weighted by atomic mass is 35.5. The molecule has 0 fully saturated rings. The van der Waals surface area contributed by atoms with Crippen LogP contribution < -0.4 is 5.32 Å². The molecule has 2 rings (SSSR count). The van der Waals surface area contributed by atoms with Gasteiger partial charge in [0, 0.05) is 22.9 Å². The normalized spacial score (nSPS) is 11.8. The maximum Gasteiger partial charge on any atom is 0.159 e. The number of anilines is 1. The molecule has 1 aromatic carbocycles. The van der Waals surface area contributed by atoms with Gasteiger partial charge in [-0.15, -0.1) is 16.1 Å². The first-order valence-corrected chi connectivity index (χ1v) is 6.45. The molecule has 3 N–H and O–H groups in total. The lowest BCUT2D eigenvalue weighted by molar-refractivity contribution is 0.105. The molecule has 1 aromatic heterocycles. The van der Waals surface area contributed by atoms with Crippen molar-refractivity contribution in [1.82, 2.24) is 10.2 Å². The highest BCUT2D eigenvalue weighted by Crippen LogP contribution is 2.26. The van der Waals surface area contributed by atoms with Crippen LogP contribution in [0.15, 0.2) is 18.2 Å². The number of halogens is 1. The van der Waals surface area contributed by atoms with E-state index in [9.17, 15) is 5.11 Å². The summed E-state index contributed by atoms with van der Waals surface area (Å²) in [5.74, 6) is 6.29. The van der Waals surface area contributed by atoms with Crippen molar-refractivity contribution in [2.45, 2.75) is 13.0 Å². The Labute approximate surface area is 121 Å². The summed E-state index contributed by atoms with van der Waals surface area (Å²) in [5, 5.41) is 30.8. The fraction of sp³-hybridized carbons (Fsp3) is 0.286. The van der Waals surface area contributed by atoms with E-state index in [0.717, 1.165) is 16.3 Å². The van der Waals surface area contributed by atoms with Gasteiger partial charge in [-0.1, -0.05) is 17.5 Å². The fourth-order valence-corrected chi connectivity index (χ4v) is 1.96. The molecule has 0 saturated heterocycles. The van der Waals surface area contributed by atoms with Crippen LogP contribution in [0.5, 0.6) is 0 Å². The van der Waals surface area contributed by atoms with Gasteiger partial charge in [-0.3, -0.25) is 0 Å². The summed E-state index contributed by atoms with van der Waals surface area (Å²) in [6.07, 6.45) is -0.860.